The molecule has 0 atom stereocenters. The average molecular weight is 322 g/mol. The lowest BCUT2D eigenvalue weighted by molar-refractivity contribution is -0.137. The van der Waals surface area contributed by atoms with E-state index in [4.69, 9.17) is 5.11 Å². The Bertz CT molecular complexity index is 655. The molecule has 0 aliphatic rings. The van der Waals surface area contributed by atoms with E-state index in [2.05, 4.69) is 10.3 Å². The molecule has 7 heteroatoms. The molecule has 1 amide bonds. The van der Waals surface area contributed by atoms with E-state index < -0.39 is 5.97 Å². The summed E-state index contributed by atoms with van der Waals surface area (Å²) in [4.78, 5) is 26.4. The minimum Gasteiger partial charge on any atom is -0.481 e. The van der Waals surface area contributed by atoms with Gasteiger partial charge in [0.1, 0.15) is 11.5 Å². The molecule has 0 fully saturated rings. The van der Waals surface area contributed by atoms with E-state index in [1.165, 1.54) is 23.5 Å². The van der Waals surface area contributed by atoms with Crippen LogP contribution in [0, 0.1) is 5.82 Å². The van der Waals surface area contributed by atoms with Crippen molar-refractivity contribution in [1.29, 1.82) is 0 Å². The van der Waals surface area contributed by atoms with Gasteiger partial charge >= 0.3 is 5.97 Å². The Kier molecular flexibility index (Phi) is 5.60. The summed E-state index contributed by atoms with van der Waals surface area (Å²) < 4.78 is 12.8. The summed E-state index contributed by atoms with van der Waals surface area (Å²) in [5, 5.41) is 13.6. The molecule has 116 valence electrons. The van der Waals surface area contributed by atoms with E-state index in [-0.39, 0.29) is 18.1 Å². The second kappa shape index (κ2) is 7.65. The second-order valence-corrected chi connectivity index (χ2v) is 5.63. The Morgan fingerprint density at radius 3 is 2.68 bits per heavy atom. The van der Waals surface area contributed by atoms with E-state index >= 15 is 0 Å². The van der Waals surface area contributed by atoms with Crippen LogP contribution < -0.4 is 5.32 Å². The minimum atomic E-state index is -0.885. The smallest absolute Gasteiger partial charge is 0.303 e. The van der Waals surface area contributed by atoms with Gasteiger partial charge in [0.25, 0.3) is 5.91 Å². The monoisotopic (exact) mass is 322 g/mol. The topological polar surface area (TPSA) is 79.3 Å². The van der Waals surface area contributed by atoms with Gasteiger partial charge in [-0.25, -0.2) is 9.37 Å². The van der Waals surface area contributed by atoms with Crippen molar-refractivity contribution >= 4 is 23.2 Å². The van der Waals surface area contributed by atoms with Crippen LogP contribution >= 0.6 is 11.3 Å². The lowest BCUT2D eigenvalue weighted by Gasteiger charge is -2.01. The van der Waals surface area contributed by atoms with Crippen LogP contribution in [-0.2, 0) is 11.2 Å². The van der Waals surface area contributed by atoms with Crippen molar-refractivity contribution in [2.24, 2.45) is 0 Å². The lowest BCUT2D eigenvalue weighted by Crippen LogP contribution is -2.25. The van der Waals surface area contributed by atoms with Crippen LogP contribution in [0.5, 0.6) is 0 Å². The largest absolute Gasteiger partial charge is 0.481 e. The number of nitrogens with one attached hydrogen (secondary N) is 1. The van der Waals surface area contributed by atoms with Gasteiger partial charge in [0.2, 0.25) is 0 Å². The third-order valence-corrected chi connectivity index (χ3v) is 3.75. The van der Waals surface area contributed by atoms with Gasteiger partial charge in [0, 0.05) is 24.8 Å². The van der Waals surface area contributed by atoms with Gasteiger partial charge < -0.3 is 10.4 Å². The molecule has 22 heavy (non-hydrogen) atoms. The highest BCUT2D eigenvalue weighted by atomic mass is 32.1. The van der Waals surface area contributed by atoms with Crippen LogP contribution in [0.1, 0.15) is 33.9 Å². The van der Waals surface area contributed by atoms with Gasteiger partial charge in [-0.15, -0.1) is 11.3 Å². The van der Waals surface area contributed by atoms with Gasteiger partial charge in [-0.1, -0.05) is 12.1 Å². The number of aromatic nitrogens is 1. The van der Waals surface area contributed by atoms with E-state index in [9.17, 15) is 14.0 Å². The van der Waals surface area contributed by atoms with Crippen LogP contribution in [0.3, 0.4) is 0 Å². The Labute approximate surface area is 130 Å². The van der Waals surface area contributed by atoms with Crippen molar-refractivity contribution in [1.82, 2.24) is 10.3 Å². The highest BCUT2D eigenvalue weighted by Gasteiger charge is 2.11. The summed E-state index contributed by atoms with van der Waals surface area (Å²) in [6.45, 7) is 0.302. The van der Waals surface area contributed by atoms with Crippen molar-refractivity contribution in [3.8, 4) is 0 Å². The number of amides is 1. The number of benzene rings is 1. The summed E-state index contributed by atoms with van der Waals surface area (Å²) in [7, 11) is 0. The number of hydrogen-bond acceptors (Lipinski definition) is 4. The molecule has 5 nitrogen and oxygen atoms in total. The first-order chi connectivity index (χ1) is 10.5. The number of carboxylic acids is 1. The van der Waals surface area contributed by atoms with Crippen LogP contribution in [0.25, 0.3) is 0 Å². The maximum Gasteiger partial charge on any atom is 0.303 e. The van der Waals surface area contributed by atoms with E-state index in [0.717, 1.165) is 10.6 Å². The number of thiazole rings is 1. The second-order valence-electron chi connectivity index (χ2n) is 4.68. The molecule has 0 unspecified atom stereocenters. The summed E-state index contributed by atoms with van der Waals surface area (Å²) in [5.74, 6) is -1.49. The quantitative estimate of drug-likeness (QED) is 0.768. The SMILES string of the molecule is O=C(O)CCCNC(=O)c1csc(Cc2ccc(F)cc2)n1. The summed E-state index contributed by atoms with van der Waals surface area (Å²) in [5.41, 5.74) is 1.24. The third-order valence-electron chi connectivity index (χ3n) is 2.91. The molecule has 0 aliphatic heterocycles. The van der Waals surface area contributed by atoms with E-state index in [0.29, 0.717) is 25.1 Å². The maximum atomic E-state index is 12.8. The molecular formula is C15H15FN2O3S. The van der Waals surface area contributed by atoms with Crippen LogP contribution in [0.2, 0.25) is 0 Å². The van der Waals surface area contributed by atoms with Gasteiger partial charge in [0.05, 0.1) is 5.01 Å². The molecule has 0 spiro atoms. The molecule has 0 saturated carbocycles. The number of carbonyl (C=O) groups is 2. The van der Waals surface area contributed by atoms with Gasteiger partial charge in [0.15, 0.2) is 0 Å². The Hall–Kier alpha value is -2.28. The van der Waals surface area contributed by atoms with Crippen molar-refractivity contribution < 1.29 is 19.1 Å². The first-order valence-electron chi connectivity index (χ1n) is 6.73. The molecule has 0 aliphatic carbocycles. The highest BCUT2D eigenvalue weighted by Crippen LogP contribution is 2.15. The Balaban J connectivity index is 1.86. The number of nitrogens with zero attached hydrogens (tertiary/aromatic N) is 1. The predicted octanol–water partition coefficient (Wildman–Crippen LogP) is 2.47. The van der Waals surface area contributed by atoms with Gasteiger partial charge in [-0.05, 0) is 24.1 Å². The fourth-order valence-electron chi connectivity index (χ4n) is 1.81. The molecule has 1 aromatic carbocycles. The zero-order valence-corrected chi connectivity index (χ0v) is 12.5. The van der Waals surface area contributed by atoms with Crippen LogP contribution in [0.15, 0.2) is 29.6 Å². The van der Waals surface area contributed by atoms with E-state index in [1.54, 1.807) is 17.5 Å². The third kappa shape index (κ3) is 4.92. The molecule has 0 bridgehead atoms. The van der Waals surface area contributed by atoms with Crippen molar-refractivity contribution in [2.75, 3.05) is 6.54 Å². The minimum absolute atomic E-state index is 0.0210. The number of carboxylic acid groups (broad SMARTS) is 1. The molecule has 2 N–H and O–H groups in total. The zero-order valence-electron chi connectivity index (χ0n) is 11.7. The summed E-state index contributed by atoms with van der Waals surface area (Å²) >= 11 is 1.36. The standard InChI is InChI=1S/C15H15FN2O3S/c16-11-5-3-10(4-6-11)8-13-18-12(9-22-13)15(21)17-7-1-2-14(19)20/h3-6,9H,1-2,7-8H2,(H,17,21)(H,19,20). The molecule has 1 heterocycles. The predicted molar refractivity (Wildman–Crippen MR) is 80.5 cm³/mol. The molecule has 1 aromatic heterocycles. The molecule has 2 aromatic rings. The number of halogens is 1. The number of hydrogen-bond donors (Lipinski definition) is 2. The Morgan fingerprint density at radius 2 is 2.00 bits per heavy atom. The zero-order chi connectivity index (χ0) is 15.9. The van der Waals surface area contributed by atoms with Crippen molar-refractivity contribution in [3.05, 3.63) is 51.7 Å². The van der Waals surface area contributed by atoms with Crippen molar-refractivity contribution in [3.63, 3.8) is 0 Å². The summed E-state index contributed by atoms with van der Waals surface area (Å²) in [6, 6.07) is 6.14. The average Bonchev–Trinajstić information content (AvgIpc) is 2.94. The van der Waals surface area contributed by atoms with Gasteiger partial charge in [-0.2, -0.15) is 0 Å². The summed E-state index contributed by atoms with van der Waals surface area (Å²) in [6.07, 6.45) is 0.943. The molecular weight excluding hydrogens is 307 g/mol. The molecule has 0 saturated heterocycles. The number of aliphatic carboxylic acids is 1. The normalized spacial score (nSPS) is 10.4. The highest BCUT2D eigenvalue weighted by molar-refractivity contribution is 7.09. The fourth-order valence-corrected chi connectivity index (χ4v) is 2.61. The lowest BCUT2D eigenvalue weighted by atomic mass is 10.1. The first-order valence-corrected chi connectivity index (χ1v) is 7.61. The molecule has 2 rings (SSSR count). The van der Waals surface area contributed by atoms with Crippen molar-refractivity contribution in [2.45, 2.75) is 19.3 Å². The van der Waals surface area contributed by atoms with E-state index in [1.807, 2.05) is 0 Å². The fraction of sp³-hybridized carbons (Fsp3) is 0.267. The Morgan fingerprint density at radius 1 is 1.27 bits per heavy atom. The number of carbonyl (C=O) groups excluding carboxylic acids is 1. The van der Waals surface area contributed by atoms with Gasteiger partial charge in [-0.3, -0.25) is 9.59 Å². The van der Waals surface area contributed by atoms with Crippen LogP contribution in [-0.4, -0.2) is 28.5 Å². The molecule has 0 radical (unpaired) electrons. The van der Waals surface area contributed by atoms with Crippen LogP contribution in [0.4, 0.5) is 4.39 Å². The number of rotatable bonds is 7. The maximum absolute atomic E-state index is 12.8. The first kappa shape index (κ1) is 16.1.